The first kappa shape index (κ1) is 13.0. The number of nitrogens with one attached hydrogen (secondary N) is 1. The summed E-state index contributed by atoms with van der Waals surface area (Å²) in [6, 6.07) is 1.95. The Labute approximate surface area is 106 Å². The van der Waals surface area contributed by atoms with E-state index in [1.54, 1.807) is 0 Å². The fourth-order valence-corrected chi connectivity index (χ4v) is 2.35. The Morgan fingerprint density at radius 3 is 2.67 bits per heavy atom. The van der Waals surface area contributed by atoms with Gasteiger partial charge in [-0.25, -0.2) is 0 Å². The van der Waals surface area contributed by atoms with Crippen molar-refractivity contribution in [3.05, 3.63) is 28.3 Å². The van der Waals surface area contributed by atoms with Gasteiger partial charge in [-0.3, -0.25) is 4.79 Å². The molecule has 18 heavy (non-hydrogen) atoms. The number of fused-ring (bicyclic) bond motifs is 1. The molecule has 3 nitrogen and oxygen atoms in total. The molecular formula is C11H9ClF3NO2. The van der Waals surface area contributed by atoms with Gasteiger partial charge in [-0.05, 0) is 18.6 Å². The zero-order chi connectivity index (χ0) is 13.5. The van der Waals surface area contributed by atoms with Crippen LogP contribution in [0, 0.1) is 0 Å². The maximum atomic E-state index is 12.9. The minimum absolute atomic E-state index is 0.0742. The third-order valence-electron chi connectivity index (χ3n) is 2.88. The first-order valence-corrected chi connectivity index (χ1v) is 5.56. The summed E-state index contributed by atoms with van der Waals surface area (Å²) >= 11 is 5.81. The number of anilines is 1. The molecule has 0 aliphatic carbocycles. The molecule has 2 rings (SSSR count). The Balaban J connectivity index is 2.68. The minimum Gasteiger partial charge on any atom is -0.481 e. The number of aliphatic carboxylic acids is 1. The Morgan fingerprint density at radius 2 is 2.11 bits per heavy atom. The van der Waals surface area contributed by atoms with Gasteiger partial charge in [0.1, 0.15) is 0 Å². The first-order valence-electron chi connectivity index (χ1n) is 5.18. The molecule has 0 saturated carbocycles. The van der Waals surface area contributed by atoms with Crippen molar-refractivity contribution in [3.8, 4) is 0 Å². The summed E-state index contributed by atoms with van der Waals surface area (Å²) in [7, 11) is 0. The number of benzene rings is 1. The van der Waals surface area contributed by atoms with Crippen LogP contribution in [-0.4, -0.2) is 17.6 Å². The summed E-state index contributed by atoms with van der Waals surface area (Å²) < 4.78 is 38.6. The third-order valence-corrected chi connectivity index (χ3v) is 3.20. The molecule has 2 N–H and O–H groups in total. The topological polar surface area (TPSA) is 49.3 Å². The highest BCUT2D eigenvalue weighted by atomic mass is 35.5. The van der Waals surface area contributed by atoms with E-state index in [-0.39, 0.29) is 29.2 Å². The molecule has 0 bridgehead atoms. The smallest absolute Gasteiger partial charge is 0.416 e. The molecular weight excluding hydrogens is 271 g/mol. The van der Waals surface area contributed by atoms with Crippen molar-refractivity contribution in [3.63, 3.8) is 0 Å². The molecule has 7 heteroatoms. The Hall–Kier alpha value is -1.43. The molecule has 1 aliphatic rings. The van der Waals surface area contributed by atoms with Crippen molar-refractivity contribution in [1.29, 1.82) is 0 Å². The number of carbonyl (C=O) groups is 1. The van der Waals surface area contributed by atoms with Crippen LogP contribution in [0.15, 0.2) is 12.1 Å². The zero-order valence-electron chi connectivity index (χ0n) is 9.01. The molecule has 0 spiro atoms. The zero-order valence-corrected chi connectivity index (χ0v) is 9.77. The molecule has 0 radical (unpaired) electrons. The van der Waals surface area contributed by atoms with Crippen LogP contribution in [0.3, 0.4) is 0 Å². The van der Waals surface area contributed by atoms with Crippen LogP contribution in [0.4, 0.5) is 18.9 Å². The van der Waals surface area contributed by atoms with Crippen LogP contribution in [0.5, 0.6) is 0 Å². The average molecular weight is 280 g/mol. The van der Waals surface area contributed by atoms with Crippen molar-refractivity contribution in [2.24, 2.45) is 0 Å². The van der Waals surface area contributed by atoms with Gasteiger partial charge >= 0.3 is 12.1 Å². The lowest BCUT2D eigenvalue weighted by atomic mass is 9.87. The van der Waals surface area contributed by atoms with Crippen molar-refractivity contribution < 1.29 is 23.1 Å². The minimum atomic E-state index is -4.60. The summed E-state index contributed by atoms with van der Waals surface area (Å²) in [4.78, 5) is 11.1. The molecule has 1 atom stereocenters. The average Bonchev–Trinajstić information content (AvgIpc) is 2.27. The van der Waals surface area contributed by atoms with E-state index in [0.29, 0.717) is 0 Å². The number of hydrogen-bond acceptors (Lipinski definition) is 2. The second kappa shape index (κ2) is 4.35. The lowest BCUT2D eigenvalue weighted by molar-refractivity contribution is -0.141. The maximum Gasteiger partial charge on any atom is 0.416 e. The quantitative estimate of drug-likeness (QED) is 0.829. The summed E-state index contributed by atoms with van der Waals surface area (Å²) in [6.07, 6.45) is -4.49. The lowest BCUT2D eigenvalue weighted by Gasteiger charge is -2.28. The summed E-state index contributed by atoms with van der Waals surface area (Å²) in [5.41, 5.74) is -1.14. The van der Waals surface area contributed by atoms with Gasteiger partial charge < -0.3 is 10.4 Å². The standard InChI is InChI=1S/C11H9ClF3NO2/c12-7-2-1-6(11(13,14)15)8-5(10(17)18)3-4-16-9(7)8/h1-2,5,16H,3-4H2,(H,17,18). The molecule has 0 fully saturated rings. The second-order valence-electron chi connectivity index (χ2n) is 3.99. The van der Waals surface area contributed by atoms with Crippen molar-refractivity contribution in [2.75, 3.05) is 11.9 Å². The van der Waals surface area contributed by atoms with Gasteiger partial charge in [0.05, 0.1) is 22.2 Å². The van der Waals surface area contributed by atoms with Crippen molar-refractivity contribution >= 4 is 23.3 Å². The third kappa shape index (κ3) is 2.12. The van der Waals surface area contributed by atoms with E-state index in [0.717, 1.165) is 12.1 Å². The van der Waals surface area contributed by atoms with Gasteiger partial charge in [-0.1, -0.05) is 11.6 Å². The molecule has 1 aromatic rings. The molecule has 0 amide bonds. The number of hydrogen-bond donors (Lipinski definition) is 2. The van der Waals surface area contributed by atoms with Gasteiger partial charge in [0, 0.05) is 12.1 Å². The molecule has 0 aromatic heterocycles. The number of rotatable bonds is 1. The van der Waals surface area contributed by atoms with E-state index in [1.807, 2.05) is 0 Å². The maximum absolute atomic E-state index is 12.9. The molecule has 1 heterocycles. The molecule has 1 unspecified atom stereocenters. The Morgan fingerprint density at radius 1 is 1.44 bits per heavy atom. The van der Waals surface area contributed by atoms with E-state index in [9.17, 15) is 18.0 Å². The van der Waals surface area contributed by atoms with Gasteiger partial charge in [-0.2, -0.15) is 13.2 Å². The summed E-state index contributed by atoms with van der Waals surface area (Å²) in [5, 5.41) is 11.9. The van der Waals surface area contributed by atoms with Crippen molar-refractivity contribution in [1.82, 2.24) is 0 Å². The largest absolute Gasteiger partial charge is 0.481 e. The van der Waals surface area contributed by atoms with Crippen LogP contribution in [0.25, 0.3) is 0 Å². The fourth-order valence-electron chi connectivity index (χ4n) is 2.11. The number of halogens is 4. The predicted molar refractivity (Wildman–Crippen MR) is 59.9 cm³/mol. The highest BCUT2D eigenvalue weighted by molar-refractivity contribution is 6.33. The highest BCUT2D eigenvalue weighted by Gasteiger charge is 2.40. The van der Waals surface area contributed by atoms with Crippen LogP contribution in [0.2, 0.25) is 5.02 Å². The van der Waals surface area contributed by atoms with E-state index >= 15 is 0 Å². The van der Waals surface area contributed by atoms with Crippen LogP contribution in [-0.2, 0) is 11.0 Å². The van der Waals surface area contributed by atoms with Gasteiger partial charge in [0.2, 0.25) is 0 Å². The van der Waals surface area contributed by atoms with Crippen LogP contribution < -0.4 is 5.32 Å². The second-order valence-corrected chi connectivity index (χ2v) is 4.39. The number of carboxylic acid groups (broad SMARTS) is 1. The van der Waals surface area contributed by atoms with Gasteiger partial charge in [0.15, 0.2) is 0 Å². The SMILES string of the molecule is O=C(O)C1CCNc2c(Cl)ccc(C(F)(F)F)c21. The number of alkyl halides is 3. The normalized spacial score (nSPS) is 19.0. The molecule has 98 valence electrons. The van der Waals surface area contributed by atoms with Crippen molar-refractivity contribution in [2.45, 2.75) is 18.5 Å². The van der Waals surface area contributed by atoms with E-state index in [4.69, 9.17) is 16.7 Å². The predicted octanol–water partition coefficient (Wildman–Crippen LogP) is 3.34. The lowest BCUT2D eigenvalue weighted by Crippen LogP contribution is -2.26. The number of carboxylic acids is 1. The van der Waals surface area contributed by atoms with Crippen LogP contribution in [0.1, 0.15) is 23.5 Å². The Bertz CT molecular complexity index is 502. The molecule has 0 saturated heterocycles. The van der Waals surface area contributed by atoms with Gasteiger partial charge in [-0.15, -0.1) is 0 Å². The fraction of sp³-hybridized carbons (Fsp3) is 0.364. The molecule has 1 aromatic carbocycles. The summed E-state index contributed by atoms with van der Waals surface area (Å²) in [5.74, 6) is -2.46. The van der Waals surface area contributed by atoms with E-state index < -0.39 is 23.6 Å². The monoisotopic (exact) mass is 279 g/mol. The molecule has 1 aliphatic heterocycles. The van der Waals surface area contributed by atoms with Gasteiger partial charge in [0.25, 0.3) is 0 Å². The van der Waals surface area contributed by atoms with E-state index in [1.165, 1.54) is 0 Å². The van der Waals surface area contributed by atoms with Crippen LogP contribution >= 0.6 is 11.6 Å². The van der Waals surface area contributed by atoms with E-state index in [2.05, 4.69) is 5.32 Å². The first-order chi connectivity index (χ1) is 8.32. The highest BCUT2D eigenvalue weighted by Crippen LogP contribution is 2.44. The Kier molecular flexibility index (Phi) is 3.14. The summed E-state index contributed by atoms with van der Waals surface area (Å²) in [6.45, 7) is 0.283.